The average Bonchev–Trinajstić information content (AvgIpc) is 2.38. The van der Waals surface area contributed by atoms with Gasteiger partial charge in [-0.3, -0.25) is 0 Å². The van der Waals surface area contributed by atoms with Crippen molar-refractivity contribution in [1.29, 1.82) is 0 Å². The maximum Gasteiger partial charge on any atom is 0.228 e. The van der Waals surface area contributed by atoms with Crippen molar-refractivity contribution in [2.45, 2.75) is 13.8 Å². The predicted octanol–water partition coefficient (Wildman–Crippen LogP) is 4.85. The van der Waals surface area contributed by atoms with Crippen LogP contribution in [0.4, 0.5) is 11.6 Å². The van der Waals surface area contributed by atoms with Crippen LogP contribution >= 0.6 is 27.5 Å². The van der Waals surface area contributed by atoms with Gasteiger partial charge in [0.15, 0.2) is 0 Å². The van der Waals surface area contributed by atoms with Crippen LogP contribution in [0.1, 0.15) is 18.3 Å². The van der Waals surface area contributed by atoms with Gasteiger partial charge in [-0.2, -0.15) is 0 Å². The van der Waals surface area contributed by atoms with Crippen LogP contribution in [0.3, 0.4) is 0 Å². The molecular weight excluding hydrogens is 326 g/mol. The van der Waals surface area contributed by atoms with Crippen molar-refractivity contribution >= 4 is 43.6 Å². The van der Waals surface area contributed by atoms with Gasteiger partial charge >= 0.3 is 0 Å². The van der Waals surface area contributed by atoms with E-state index < -0.39 is 0 Å². The lowest BCUT2D eigenvalue weighted by molar-refractivity contribution is 1.09. The highest BCUT2D eigenvalue weighted by molar-refractivity contribution is 9.15. The summed E-state index contributed by atoms with van der Waals surface area (Å²) >= 11 is 9.41. The number of benzene rings is 1. The molecule has 1 heterocycles. The molecule has 1 N–H and O–H groups in total. The van der Waals surface area contributed by atoms with Crippen LogP contribution < -0.4 is 5.32 Å². The summed E-state index contributed by atoms with van der Waals surface area (Å²) in [6.07, 6.45) is 0. The third-order valence-electron chi connectivity index (χ3n) is 2.41. The molecule has 98 valence electrons. The molecule has 0 aliphatic heterocycles. The van der Waals surface area contributed by atoms with Gasteiger partial charge in [-0.1, -0.05) is 29.8 Å². The van der Waals surface area contributed by atoms with E-state index in [2.05, 4.69) is 31.2 Å². The number of anilines is 2. The van der Waals surface area contributed by atoms with Gasteiger partial charge in [-0.25, -0.2) is 9.97 Å². The van der Waals surface area contributed by atoms with Gasteiger partial charge in [0, 0.05) is 16.4 Å². The molecule has 1 aromatic carbocycles. The smallest absolute Gasteiger partial charge is 0.228 e. The lowest BCUT2D eigenvalue weighted by Gasteiger charge is -2.08. The van der Waals surface area contributed by atoms with E-state index in [9.17, 15) is 0 Å². The highest BCUT2D eigenvalue weighted by Gasteiger charge is 2.07. The summed E-state index contributed by atoms with van der Waals surface area (Å²) in [5.74, 6) is 0.552. The molecule has 0 atom stereocenters. The largest absolute Gasteiger partial charge is 0.324 e. The van der Waals surface area contributed by atoms with Crippen molar-refractivity contribution in [2.24, 2.45) is 0 Å². The number of hydrogen-bond acceptors (Lipinski definition) is 3. The Morgan fingerprint density at radius 1 is 1.21 bits per heavy atom. The zero-order chi connectivity index (χ0) is 13.8. The number of aromatic nitrogens is 2. The number of nitrogens with one attached hydrogen (secondary N) is 1. The number of rotatable bonds is 3. The summed E-state index contributed by atoms with van der Waals surface area (Å²) in [6, 6.07) is 11.7. The molecule has 0 spiro atoms. The molecule has 2 aromatic rings. The molecule has 0 aliphatic rings. The SMILES string of the molecule is CC(Cl)=C(Br)c1cc(C)nc(Nc2ccccc2)n1. The van der Waals surface area contributed by atoms with Crippen molar-refractivity contribution in [1.82, 2.24) is 9.97 Å². The molecule has 1 aromatic heterocycles. The van der Waals surface area contributed by atoms with Gasteiger partial charge in [0.1, 0.15) is 0 Å². The standard InChI is InChI=1S/C14H13BrClN3/c1-9-8-12(13(15)10(2)16)19-14(17-9)18-11-6-4-3-5-7-11/h3-8H,1-2H3,(H,17,18,19). The summed E-state index contributed by atoms with van der Waals surface area (Å²) in [4.78, 5) is 8.80. The molecule has 0 fully saturated rings. The van der Waals surface area contributed by atoms with E-state index in [0.29, 0.717) is 11.0 Å². The van der Waals surface area contributed by atoms with E-state index in [1.165, 1.54) is 0 Å². The minimum absolute atomic E-state index is 0.552. The van der Waals surface area contributed by atoms with Crippen LogP contribution in [0.2, 0.25) is 0 Å². The summed E-state index contributed by atoms with van der Waals surface area (Å²) < 4.78 is 0.774. The summed E-state index contributed by atoms with van der Waals surface area (Å²) in [5.41, 5.74) is 2.58. The first-order valence-corrected chi connectivity index (χ1v) is 6.93. The van der Waals surface area contributed by atoms with E-state index in [1.807, 2.05) is 50.2 Å². The highest BCUT2D eigenvalue weighted by Crippen LogP contribution is 2.27. The van der Waals surface area contributed by atoms with Gasteiger partial charge in [0.2, 0.25) is 5.95 Å². The van der Waals surface area contributed by atoms with Crippen LogP contribution in [0, 0.1) is 6.92 Å². The molecule has 2 rings (SSSR count). The number of para-hydroxylation sites is 1. The van der Waals surface area contributed by atoms with Crippen LogP contribution in [0.5, 0.6) is 0 Å². The van der Waals surface area contributed by atoms with Crippen LogP contribution in [-0.2, 0) is 0 Å². The molecule has 0 amide bonds. The summed E-state index contributed by atoms with van der Waals surface area (Å²) in [5, 5.41) is 3.83. The van der Waals surface area contributed by atoms with E-state index in [0.717, 1.165) is 21.6 Å². The molecule has 0 aliphatic carbocycles. The number of halogens is 2. The topological polar surface area (TPSA) is 37.8 Å². The fourth-order valence-electron chi connectivity index (χ4n) is 1.56. The predicted molar refractivity (Wildman–Crippen MR) is 83.9 cm³/mol. The first-order chi connectivity index (χ1) is 9.06. The molecule has 0 saturated heterocycles. The lowest BCUT2D eigenvalue weighted by Crippen LogP contribution is -2.00. The second kappa shape index (κ2) is 6.17. The van der Waals surface area contributed by atoms with Crippen LogP contribution in [0.25, 0.3) is 4.48 Å². The second-order valence-electron chi connectivity index (χ2n) is 4.06. The molecular formula is C14H13BrClN3. The van der Waals surface area contributed by atoms with Crippen molar-refractivity contribution in [3.63, 3.8) is 0 Å². The van der Waals surface area contributed by atoms with Gasteiger partial charge in [0.05, 0.1) is 10.2 Å². The Hall–Kier alpha value is -1.39. The van der Waals surface area contributed by atoms with E-state index in [-0.39, 0.29) is 0 Å². The molecule has 0 bridgehead atoms. The van der Waals surface area contributed by atoms with E-state index in [4.69, 9.17) is 11.6 Å². The quantitative estimate of drug-likeness (QED) is 0.869. The maximum absolute atomic E-state index is 5.98. The maximum atomic E-state index is 5.98. The first kappa shape index (κ1) is 14.0. The van der Waals surface area contributed by atoms with Gasteiger partial charge in [-0.15, -0.1) is 0 Å². The summed E-state index contributed by atoms with van der Waals surface area (Å²) in [7, 11) is 0. The lowest BCUT2D eigenvalue weighted by atomic mass is 10.3. The van der Waals surface area contributed by atoms with E-state index in [1.54, 1.807) is 0 Å². The number of allylic oxidation sites excluding steroid dienone is 1. The van der Waals surface area contributed by atoms with E-state index >= 15 is 0 Å². The molecule has 3 nitrogen and oxygen atoms in total. The van der Waals surface area contributed by atoms with Crippen molar-refractivity contribution in [3.05, 3.63) is 52.8 Å². The third kappa shape index (κ3) is 3.78. The Kier molecular flexibility index (Phi) is 4.56. The fourth-order valence-corrected chi connectivity index (χ4v) is 1.86. The zero-order valence-electron chi connectivity index (χ0n) is 10.6. The zero-order valence-corrected chi connectivity index (χ0v) is 13.0. The normalized spacial score (nSPS) is 12.0. The van der Waals surface area contributed by atoms with Crippen LogP contribution in [0.15, 0.2) is 41.4 Å². The Bertz CT molecular complexity index is 607. The minimum atomic E-state index is 0.552. The van der Waals surface area contributed by atoms with Crippen LogP contribution in [-0.4, -0.2) is 9.97 Å². The van der Waals surface area contributed by atoms with Gasteiger partial charge < -0.3 is 5.32 Å². The van der Waals surface area contributed by atoms with Crippen molar-refractivity contribution in [2.75, 3.05) is 5.32 Å². The Balaban J connectivity index is 2.35. The molecule has 19 heavy (non-hydrogen) atoms. The molecule has 0 unspecified atom stereocenters. The van der Waals surface area contributed by atoms with Crippen molar-refractivity contribution < 1.29 is 0 Å². The monoisotopic (exact) mass is 337 g/mol. The summed E-state index contributed by atoms with van der Waals surface area (Å²) in [6.45, 7) is 3.73. The third-order valence-corrected chi connectivity index (χ3v) is 3.83. The second-order valence-corrected chi connectivity index (χ2v) is 5.42. The highest BCUT2D eigenvalue weighted by atomic mass is 79.9. The first-order valence-electron chi connectivity index (χ1n) is 5.76. The van der Waals surface area contributed by atoms with Crippen molar-refractivity contribution in [3.8, 4) is 0 Å². The Morgan fingerprint density at radius 3 is 2.53 bits per heavy atom. The number of hydrogen-bond donors (Lipinski definition) is 1. The number of aryl methyl sites for hydroxylation is 1. The molecule has 0 saturated carbocycles. The molecule has 5 heteroatoms. The Labute approximate surface area is 125 Å². The minimum Gasteiger partial charge on any atom is -0.324 e. The molecule has 0 radical (unpaired) electrons. The van der Waals surface area contributed by atoms with Gasteiger partial charge in [-0.05, 0) is 48.0 Å². The fraction of sp³-hybridized carbons (Fsp3) is 0.143. The Morgan fingerprint density at radius 2 is 1.89 bits per heavy atom. The number of nitrogens with zero attached hydrogens (tertiary/aromatic N) is 2. The average molecular weight is 339 g/mol. The van der Waals surface area contributed by atoms with Gasteiger partial charge in [0.25, 0.3) is 0 Å².